The third-order valence-corrected chi connectivity index (χ3v) is 10.5. The lowest BCUT2D eigenvalue weighted by atomic mass is 9.41. The van der Waals surface area contributed by atoms with Crippen molar-refractivity contribution in [1.29, 1.82) is 0 Å². The lowest BCUT2D eigenvalue weighted by Crippen LogP contribution is -2.72. The van der Waals surface area contributed by atoms with Gasteiger partial charge in [0.05, 0.1) is 6.04 Å². The maximum absolute atomic E-state index is 12.6. The molecule has 1 amide bonds. The van der Waals surface area contributed by atoms with Crippen molar-refractivity contribution in [2.45, 2.75) is 91.7 Å². The highest BCUT2D eigenvalue weighted by atomic mass is 35.5. The standard InChI is InChI=1S/C27H38ClNO2/c1-16-8-9-17(15-20(16)28)31-24-23-27(5,14-11-21(30)29-23)19-10-13-26(4)12-6-7-18(26)22(19)25(24,2)3/h8-9,15,18-19,22-24H,6-7,10-14H2,1-5H3,(H,29,30)/t18-,19+,22-,23?,24?,26-,27+/m0/s1. The Morgan fingerprint density at radius 2 is 1.84 bits per heavy atom. The van der Waals surface area contributed by atoms with Crippen LogP contribution in [0, 0.1) is 40.9 Å². The van der Waals surface area contributed by atoms with E-state index >= 15 is 0 Å². The second-order valence-corrected chi connectivity index (χ2v) is 12.6. The van der Waals surface area contributed by atoms with Gasteiger partial charge in [0.2, 0.25) is 5.91 Å². The molecule has 2 unspecified atom stereocenters. The molecule has 1 saturated heterocycles. The zero-order valence-corrected chi connectivity index (χ0v) is 20.5. The van der Waals surface area contributed by atoms with Crippen LogP contribution in [-0.2, 0) is 4.79 Å². The maximum atomic E-state index is 12.6. The predicted octanol–water partition coefficient (Wildman–Crippen LogP) is 6.55. The van der Waals surface area contributed by atoms with Crippen molar-refractivity contribution in [3.63, 3.8) is 0 Å². The molecule has 5 rings (SSSR count). The number of carbonyl (C=O) groups excluding carboxylic acids is 1. The van der Waals surface area contributed by atoms with Crippen LogP contribution in [0.5, 0.6) is 5.75 Å². The first kappa shape index (κ1) is 21.6. The van der Waals surface area contributed by atoms with Crippen molar-refractivity contribution in [1.82, 2.24) is 5.32 Å². The summed E-state index contributed by atoms with van der Waals surface area (Å²) in [6.45, 7) is 11.8. The fraction of sp³-hybridized carbons (Fsp3) is 0.741. The quantitative estimate of drug-likeness (QED) is 0.562. The molecule has 1 aromatic rings. The number of nitrogens with one attached hydrogen (secondary N) is 1. The summed E-state index contributed by atoms with van der Waals surface area (Å²) in [6, 6.07) is 6.05. The Hall–Kier alpha value is -1.22. The zero-order chi connectivity index (χ0) is 22.2. The molecule has 4 heteroatoms. The number of ether oxygens (including phenoxy) is 1. The number of carbonyl (C=O) groups is 1. The third kappa shape index (κ3) is 3.16. The zero-order valence-electron chi connectivity index (χ0n) is 19.8. The van der Waals surface area contributed by atoms with Crippen molar-refractivity contribution >= 4 is 17.5 Å². The minimum absolute atomic E-state index is 0.0342. The maximum Gasteiger partial charge on any atom is 0.220 e. The third-order valence-electron chi connectivity index (χ3n) is 10.1. The van der Waals surface area contributed by atoms with Crippen molar-refractivity contribution in [2.75, 3.05) is 0 Å². The summed E-state index contributed by atoms with van der Waals surface area (Å²) in [6.07, 6.45) is 8.24. The smallest absolute Gasteiger partial charge is 0.220 e. The number of halogens is 1. The van der Waals surface area contributed by atoms with Crippen molar-refractivity contribution in [3.8, 4) is 5.75 Å². The fourth-order valence-electron chi connectivity index (χ4n) is 8.32. The normalized spacial score (nSPS) is 43.4. The lowest BCUT2D eigenvalue weighted by Gasteiger charge is -2.66. The first-order chi connectivity index (χ1) is 14.6. The van der Waals surface area contributed by atoms with E-state index in [1.54, 1.807) is 0 Å². The molecule has 3 saturated carbocycles. The Balaban J connectivity index is 1.59. The molecule has 7 atom stereocenters. The summed E-state index contributed by atoms with van der Waals surface area (Å²) in [5.41, 5.74) is 1.57. The molecule has 0 bridgehead atoms. The van der Waals surface area contributed by atoms with Gasteiger partial charge in [-0.3, -0.25) is 4.79 Å². The van der Waals surface area contributed by atoms with Crippen LogP contribution in [-0.4, -0.2) is 18.1 Å². The molecule has 0 spiro atoms. The Bertz CT molecular complexity index is 897. The number of piperidine rings is 1. The molecule has 1 heterocycles. The molecule has 3 nitrogen and oxygen atoms in total. The molecule has 0 radical (unpaired) electrons. The van der Waals surface area contributed by atoms with Crippen LogP contribution in [0.15, 0.2) is 18.2 Å². The number of hydrogen-bond donors (Lipinski definition) is 1. The van der Waals surface area contributed by atoms with Crippen LogP contribution in [0.3, 0.4) is 0 Å². The van der Waals surface area contributed by atoms with E-state index in [2.05, 4.69) is 33.0 Å². The van der Waals surface area contributed by atoms with Gasteiger partial charge < -0.3 is 10.1 Å². The largest absolute Gasteiger partial charge is 0.488 e. The van der Waals surface area contributed by atoms with Gasteiger partial charge in [-0.2, -0.15) is 0 Å². The van der Waals surface area contributed by atoms with Gasteiger partial charge in [-0.1, -0.05) is 51.8 Å². The molecule has 1 aromatic carbocycles. The molecule has 4 fully saturated rings. The average molecular weight is 444 g/mol. The second-order valence-electron chi connectivity index (χ2n) is 12.1. The highest BCUT2D eigenvalue weighted by Crippen LogP contribution is 2.68. The molecular weight excluding hydrogens is 406 g/mol. The summed E-state index contributed by atoms with van der Waals surface area (Å²) in [4.78, 5) is 12.6. The highest BCUT2D eigenvalue weighted by molar-refractivity contribution is 6.31. The van der Waals surface area contributed by atoms with Crippen LogP contribution in [0.4, 0.5) is 0 Å². The summed E-state index contributed by atoms with van der Waals surface area (Å²) >= 11 is 6.44. The monoisotopic (exact) mass is 443 g/mol. The van der Waals surface area contributed by atoms with Crippen LogP contribution < -0.4 is 10.1 Å². The Morgan fingerprint density at radius 1 is 1.06 bits per heavy atom. The first-order valence-corrected chi connectivity index (χ1v) is 12.7. The summed E-state index contributed by atoms with van der Waals surface area (Å²) < 4.78 is 6.82. The van der Waals surface area contributed by atoms with E-state index in [1.807, 2.05) is 25.1 Å². The van der Waals surface area contributed by atoms with Crippen molar-refractivity contribution in [3.05, 3.63) is 28.8 Å². The van der Waals surface area contributed by atoms with Gasteiger partial charge >= 0.3 is 0 Å². The molecule has 4 aliphatic rings. The number of fused-ring (bicyclic) bond motifs is 5. The van der Waals surface area contributed by atoms with Gasteiger partial charge in [0.1, 0.15) is 11.9 Å². The molecule has 3 aliphatic carbocycles. The van der Waals surface area contributed by atoms with Crippen molar-refractivity contribution in [2.24, 2.45) is 34.0 Å². The molecule has 31 heavy (non-hydrogen) atoms. The number of benzene rings is 1. The number of amides is 1. The minimum atomic E-state index is -0.0651. The van der Waals surface area contributed by atoms with E-state index < -0.39 is 0 Å². The average Bonchev–Trinajstić information content (AvgIpc) is 3.10. The van der Waals surface area contributed by atoms with Gasteiger partial charge in [0, 0.05) is 16.9 Å². The van der Waals surface area contributed by atoms with E-state index in [4.69, 9.17) is 16.3 Å². The molecule has 1 aliphatic heterocycles. The molecule has 1 N–H and O–H groups in total. The molecular formula is C27H38ClNO2. The first-order valence-electron chi connectivity index (χ1n) is 12.3. The van der Waals surface area contributed by atoms with E-state index in [9.17, 15) is 4.79 Å². The van der Waals surface area contributed by atoms with Gasteiger partial charge in [-0.25, -0.2) is 0 Å². The Labute approximate surface area is 192 Å². The van der Waals surface area contributed by atoms with Crippen LogP contribution in [0.1, 0.15) is 78.2 Å². The van der Waals surface area contributed by atoms with E-state index in [0.29, 0.717) is 23.7 Å². The van der Waals surface area contributed by atoms with E-state index in [1.165, 1.54) is 32.1 Å². The Morgan fingerprint density at radius 3 is 2.58 bits per heavy atom. The van der Waals surface area contributed by atoms with Gasteiger partial charge in [-0.15, -0.1) is 0 Å². The summed E-state index contributed by atoms with van der Waals surface area (Å²) in [5, 5.41) is 4.15. The topological polar surface area (TPSA) is 38.3 Å². The van der Waals surface area contributed by atoms with Gasteiger partial charge in [0.15, 0.2) is 0 Å². The van der Waals surface area contributed by atoms with Gasteiger partial charge in [-0.05, 0) is 85.3 Å². The van der Waals surface area contributed by atoms with Crippen LogP contribution in [0.25, 0.3) is 0 Å². The lowest BCUT2D eigenvalue weighted by molar-refractivity contribution is -0.194. The van der Waals surface area contributed by atoms with E-state index in [0.717, 1.165) is 28.7 Å². The number of hydrogen-bond acceptors (Lipinski definition) is 2. The van der Waals surface area contributed by atoms with Crippen LogP contribution >= 0.6 is 11.6 Å². The van der Waals surface area contributed by atoms with Crippen LogP contribution in [0.2, 0.25) is 5.02 Å². The minimum Gasteiger partial charge on any atom is -0.488 e. The van der Waals surface area contributed by atoms with E-state index in [-0.39, 0.29) is 28.9 Å². The second kappa shape index (κ2) is 7.14. The molecule has 170 valence electrons. The SMILES string of the molecule is Cc1ccc(OC2C3NC(=O)CC[C@]3(C)[C@@H]3CC[C@]4(C)CCC[C@H]4[C@@H]3C2(C)C)cc1Cl. The number of aryl methyl sites for hydroxylation is 1. The highest BCUT2D eigenvalue weighted by Gasteiger charge is 2.67. The summed E-state index contributed by atoms with van der Waals surface area (Å²) in [5.74, 6) is 3.01. The molecule has 0 aromatic heterocycles. The predicted molar refractivity (Wildman–Crippen MR) is 125 cm³/mol. The van der Waals surface area contributed by atoms with Gasteiger partial charge in [0.25, 0.3) is 0 Å². The Kier molecular flexibility index (Phi) is 4.98. The number of rotatable bonds is 2. The fourth-order valence-corrected chi connectivity index (χ4v) is 8.49. The van der Waals surface area contributed by atoms with Crippen molar-refractivity contribution < 1.29 is 9.53 Å². The summed E-state index contributed by atoms with van der Waals surface area (Å²) in [7, 11) is 0.